The molecule has 0 atom stereocenters. The summed E-state index contributed by atoms with van der Waals surface area (Å²) in [5.74, 6) is 1.56. The van der Waals surface area contributed by atoms with Crippen molar-refractivity contribution in [1.29, 1.82) is 0 Å². The first-order valence-electron chi connectivity index (χ1n) is 6.18. The first kappa shape index (κ1) is 12.9. The largest absolute Gasteiger partial charge is 0.461 e. The van der Waals surface area contributed by atoms with Gasteiger partial charge >= 0.3 is 0 Å². The van der Waals surface area contributed by atoms with E-state index in [2.05, 4.69) is 10.2 Å². The van der Waals surface area contributed by atoms with Gasteiger partial charge in [-0.15, -0.1) is 10.2 Å². The molecule has 0 aliphatic carbocycles. The number of para-hydroxylation sites is 1. The summed E-state index contributed by atoms with van der Waals surface area (Å²) < 4.78 is 21.1. The fourth-order valence-electron chi connectivity index (χ4n) is 1.91. The maximum Gasteiger partial charge on any atom is 0.205 e. The number of benzene rings is 1. The molecule has 0 N–H and O–H groups in total. The third-order valence-corrected chi connectivity index (χ3v) is 3.55. The summed E-state index contributed by atoms with van der Waals surface area (Å²) in [4.78, 5) is 0. The summed E-state index contributed by atoms with van der Waals surface area (Å²) in [7, 11) is 0. The molecule has 0 amide bonds. The highest BCUT2D eigenvalue weighted by atomic mass is 32.2. The van der Waals surface area contributed by atoms with Crippen molar-refractivity contribution in [3.63, 3.8) is 0 Å². The monoisotopic (exact) mass is 289 g/mol. The number of hydrogen-bond donors (Lipinski definition) is 0. The normalized spacial score (nSPS) is 10.9. The van der Waals surface area contributed by atoms with Gasteiger partial charge in [-0.1, -0.05) is 30.8 Å². The lowest BCUT2D eigenvalue weighted by molar-refractivity contribution is 0.572. The topological polar surface area (TPSA) is 43.9 Å². The van der Waals surface area contributed by atoms with Crippen molar-refractivity contribution in [2.75, 3.05) is 5.75 Å². The Labute approximate surface area is 119 Å². The highest BCUT2D eigenvalue weighted by Gasteiger charge is 2.19. The van der Waals surface area contributed by atoms with Crippen molar-refractivity contribution in [3.05, 3.63) is 48.5 Å². The Morgan fingerprint density at radius 1 is 1.20 bits per heavy atom. The highest BCUT2D eigenvalue weighted by Crippen LogP contribution is 2.29. The van der Waals surface area contributed by atoms with Gasteiger partial charge in [-0.05, 0) is 30.0 Å². The van der Waals surface area contributed by atoms with Crippen LogP contribution in [-0.2, 0) is 0 Å². The lowest BCUT2D eigenvalue weighted by atomic mass is 10.3. The van der Waals surface area contributed by atoms with E-state index in [1.165, 1.54) is 17.8 Å². The zero-order valence-electron chi connectivity index (χ0n) is 10.8. The van der Waals surface area contributed by atoms with Gasteiger partial charge in [-0.2, -0.15) is 0 Å². The van der Waals surface area contributed by atoms with Gasteiger partial charge in [-0.25, -0.2) is 4.39 Å². The van der Waals surface area contributed by atoms with Gasteiger partial charge in [0.2, 0.25) is 5.82 Å². The zero-order chi connectivity index (χ0) is 13.9. The van der Waals surface area contributed by atoms with Crippen molar-refractivity contribution in [3.8, 4) is 17.3 Å². The average Bonchev–Trinajstić information content (AvgIpc) is 3.09. The van der Waals surface area contributed by atoms with E-state index < -0.39 is 0 Å². The second kappa shape index (κ2) is 5.50. The number of nitrogens with zero attached hydrogens (tertiary/aromatic N) is 3. The van der Waals surface area contributed by atoms with E-state index >= 15 is 0 Å². The molecule has 0 saturated carbocycles. The molecule has 4 nitrogen and oxygen atoms in total. The number of hydrogen-bond acceptors (Lipinski definition) is 4. The maximum atomic E-state index is 14.1. The third kappa shape index (κ3) is 2.22. The van der Waals surface area contributed by atoms with Gasteiger partial charge in [0.1, 0.15) is 5.82 Å². The Morgan fingerprint density at radius 2 is 2.05 bits per heavy atom. The van der Waals surface area contributed by atoms with Crippen LogP contribution in [0.2, 0.25) is 0 Å². The lowest BCUT2D eigenvalue weighted by Crippen LogP contribution is -2.01. The van der Waals surface area contributed by atoms with Crippen molar-refractivity contribution in [2.24, 2.45) is 0 Å². The van der Waals surface area contributed by atoms with Gasteiger partial charge in [0, 0.05) is 0 Å². The number of aromatic nitrogens is 3. The molecule has 20 heavy (non-hydrogen) atoms. The van der Waals surface area contributed by atoms with Crippen LogP contribution in [0.1, 0.15) is 6.92 Å². The molecular formula is C14H12FN3OS. The van der Waals surface area contributed by atoms with Crippen LogP contribution in [-0.4, -0.2) is 20.5 Å². The fourth-order valence-corrected chi connectivity index (χ4v) is 2.58. The first-order chi connectivity index (χ1) is 9.81. The van der Waals surface area contributed by atoms with Crippen LogP contribution in [0, 0.1) is 5.82 Å². The summed E-state index contributed by atoms with van der Waals surface area (Å²) in [6.07, 6.45) is 1.56. The van der Waals surface area contributed by atoms with Crippen molar-refractivity contribution >= 4 is 11.8 Å². The molecule has 0 unspecified atom stereocenters. The van der Waals surface area contributed by atoms with Crippen LogP contribution in [0.25, 0.3) is 17.3 Å². The Kier molecular flexibility index (Phi) is 3.56. The number of halogens is 1. The molecule has 3 aromatic rings. The molecule has 0 saturated heterocycles. The molecule has 0 aliphatic heterocycles. The van der Waals surface area contributed by atoms with Gasteiger partial charge in [-0.3, -0.25) is 4.57 Å². The number of rotatable bonds is 4. The van der Waals surface area contributed by atoms with E-state index in [1.54, 1.807) is 41.2 Å². The van der Waals surface area contributed by atoms with Crippen LogP contribution in [0.4, 0.5) is 4.39 Å². The van der Waals surface area contributed by atoms with E-state index in [-0.39, 0.29) is 5.82 Å². The average molecular weight is 289 g/mol. The highest BCUT2D eigenvalue weighted by molar-refractivity contribution is 7.99. The Balaban J connectivity index is 2.21. The van der Waals surface area contributed by atoms with Gasteiger partial charge in [0.15, 0.2) is 10.9 Å². The van der Waals surface area contributed by atoms with E-state index in [0.717, 1.165) is 5.75 Å². The van der Waals surface area contributed by atoms with Crippen LogP contribution in [0.5, 0.6) is 0 Å². The molecule has 3 rings (SSSR count). The summed E-state index contributed by atoms with van der Waals surface area (Å²) >= 11 is 1.50. The maximum absolute atomic E-state index is 14.1. The molecule has 0 aliphatic rings. The van der Waals surface area contributed by atoms with E-state index in [0.29, 0.717) is 22.4 Å². The van der Waals surface area contributed by atoms with Crippen molar-refractivity contribution in [2.45, 2.75) is 12.1 Å². The minimum Gasteiger partial charge on any atom is -0.461 e. The minimum absolute atomic E-state index is 0.321. The molecule has 6 heteroatoms. The van der Waals surface area contributed by atoms with Crippen LogP contribution in [0.3, 0.4) is 0 Å². The quantitative estimate of drug-likeness (QED) is 0.686. The van der Waals surface area contributed by atoms with Crippen LogP contribution >= 0.6 is 11.8 Å². The Bertz CT molecular complexity index is 709. The van der Waals surface area contributed by atoms with Gasteiger partial charge in [0.25, 0.3) is 0 Å². The van der Waals surface area contributed by atoms with Crippen LogP contribution in [0.15, 0.2) is 52.2 Å². The van der Waals surface area contributed by atoms with E-state index in [1.807, 2.05) is 6.92 Å². The second-order valence-electron chi connectivity index (χ2n) is 4.00. The summed E-state index contributed by atoms with van der Waals surface area (Å²) in [5.41, 5.74) is 0.417. The summed E-state index contributed by atoms with van der Waals surface area (Å²) in [6, 6.07) is 10.1. The fraction of sp³-hybridized carbons (Fsp3) is 0.143. The van der Waals surface area contributed by atoms with Crippen LogP contribution < -0.4 is 0 Å². The third-order valence-electron chi connectivity index (χ3n) is 2.74. The van der Waals surface area contributed by atoms with Gasteiger partial charge < -0.3 is 4.42 Å². The molecule has 2 heterocycles. The zero-order valence-corrected chi connectivity index (χ0v) is 11.6. The number of furan rings is 1. The summed E-state index contributed by atoms with van der Waals surface area (Å²) in [6.45, 7) is 2.01. The Hall–Kier alpha value is -2.08. The Morgan fingerprint density at radius 3 is 2.75 bits per heavy atom. The van der Waals surface area contributed by atoms with Crippen molar-refractivity contribution in [1.82, 2.24) is 14.8 Å². The molecule has 0 spiro atoms. The molecule has 2 aromatic heterocycles. The number of thioether (sulfide) groups is 1. The predicted molar refractivity (Wildman–Crippen MR) is 75.4 cm³/mol. The molecular weight excluding hydrogens is 277 g/mol. The predicted octanol–water partition coefficient (Wildman–Crippen LogP) is 3.78. The van der Waals surface area contributed by atoms with Gasteiger partial charge in [0.05, 0.1) is 12.0 Å². The molecule has 1 aromatic carbocycles. The standard InChI is InChI=1S/C14H12FN3OS/c1-2-20-14-17-16-13(12-8-5-9-19-12)18(14)11-7-4-3-6-10(11)15/h3-9H,2H2,1H3. The molecule has 102 valence electrons. The summed E-state index contributed by atoms with van der Waals surface area (Å²) in [5, 5.41) is 8.90. The lowest BCUT2D eigenvalue weighted by Gasteiger charge is -2.09. The molecule has 0 bridgehead atoms. The smallest absolute Gasteiger partial charge is 0.205 e. The molecule has 0 radical (unpaired) electrons. The second-order valence-corrected chi connectivity index (χ2v) is 5.23. The molecule has 0 fully saturated rings. The first-order valence-corrected chi connectivity index (χ1v) is 7.17. The van der Waals surface area contributed by atoms with E-state index in [4.69, 9.17) is 4.42 Å². The van der Waals surface area contributed by atoms with Crippen molar-refractivity contribution < 1.29 is 8.81 Å². The SMILES string of the molecule is CCSc1nnc(-c2ccco2)n1-c1ccccc1F. The van der Waals surface area contributed by atoms with E-state index in [9.17, 15) is 4.39 Å². The minimum atomic E-state index is -0.321.